The molecule has 5 nitrogen and oxygen atoms in total. The first-order valence-electron chi connectivity index (χ1n) is 6.03. The third-order valence-electron chi connectivity index (χ3n) is 2.80. The Kier molecular flexibility index (Phi) is 3.92. The lowest BCUT2D eigenvalue weighted by molar-refractivity contribution is 0.469. The van der Waals surface area contributed by atoms with Gasteiger partial charge in [0.25, 0.3) is 0 Å². The van der Waals surface area contributed by atoms with E-state index in [0.717, 1.165) is 15.4 Å². The second kappa shape index (κ2) is 5.85. The average molecular weight is 366 g/mol. The zero-order valence-electron chi connectivity index (χ0n) is 10.7. The summed E-state index contributed by atoms with van der Waals surface area (Å²) in [5.41, 5.74) is 3.15. The molecule has 0 fully saturated rings. The van der Waals surface area contributed by atoms with Gasteiger partial charge in [0, 0.05) is 4.47 Å². The van der Waals surface area contributed by atoms with Crippen LogP contribution in [-0.2, 0) is 0 Å². The van der Waals surface area contributed by atoms with Gasteiger partial charge in [-0.15, -0.1) is 0 Å². The summed E-state index contributed by atoms with van der Waals surface area (Å²) >= 11 is 9.53. The smallest absolute Gasteiger partial charge is 0.241 e. The van der Waals surface area contributed by atoms with Crippen LogP contribution in [0.4, 0.5) is 5.95 Å². The largest absolute Gasteiger partial charge is 0.437 e. The second-order valence-electron chi connectivity index (χ2n) is 4.19. The molecule has 0 aliphatic rings. The van der Waals surface area contributed by atoms with Crippen LogP contribution in [0, 0.1) is 0 Å². The quantitative estimate of drug-likeness (QED) is 0.539. The van der Waals surface area contributed by atoms with Crippen molar-refractivity contribution in [2.75, 3.05) is 5.43 Å². The van der Waals surface area contributed by atoms with Crippen LogP contribution < -0.4 is 16.0 Å². The monoisotopic (exact) mass is 364 g/mol. The predicted molar refractivity (Wildman–Crippen MR) is 86.6 cm³/mol. The predicted octanol–water partition coefficient (Wildman–Crippen LogP) is 4.12. The minimum Gasteiger partial charge on any atom is -0.437 e. The van der Waals surface area contributed by atoms with E-state index in [1.54, 1.807) is 12.1 Å². The van der Waals surface area contributed by atoms with Crippen LogP contribution in [0.15, 0.2) is 46.9 Å². The molecular weight excluding hydrogens is 356 g/mol. The normalized spacial score (nSPS) is 10.6. The molecular formula is C14H10BrClN4O. The summed E-state index contributed by atoms with van der Waals surface area (Å²) in [6, 6.07) is 12.8. The first-order chi connectivity index (χ1) is 10.2. The Bertz CT molecular complexity index is 812. The van der Waals surface area contributed by atoms with Crippen molar-refractivity contribution in [3.8, 4) is 11.6 Å². The van der Waals surface area contributed by atoms with E-state index in [1.807, 2.05) is 30.3 Å². The van der Waals surface area contributed by atoms with Gasteiger partial charge in [-0.2, -0.15) is 4.98 Å². The van der Waals surface area contributed by atoms with Crippen molar-refractivity contribution in [2.45, 2.75) is 0 Å². The van der Waals surface area contributed by atoms with E-state index in [1.165, 1.54) is 0 Å². The topological polar surface area (TPSA) is 73.1 Å². The number of nitrogens with one attached hydrogen (secondary N) is 1. The Morgan fingerprint density at radius 1 is 1.14 bits per heavy atom. The lowest BCUT2D eigenvalue weighted by atomic mass is 10.2. The molecule has 0 unspecified atom stereocenters. The first kappa shape index (κ1) is 14.1. The van der Waals surface area contributed by atoms with Crippen molar-refractivity contribution in [3.63, 3.8) is 0 Å². The Morgan fingerprint density at radius 2 is 1.95 bits per heavy atom. The molecule has 3 aromatic rings. The van der Waals surface area contributed by atoms with Gasteiger partial charge in [0.1, 0.15) is 5.75 Å². The van der Waals surface area contributed by atoms with E-state index < -0.39 is 0 Å². The molecule has 0 spiro atoms. The zero-order chi connectivity index (χ0) is 14.8. The molecule has 0 aliphatic carbocycles. The molecule has 0 amide bonds. The van der Waals surface area contributed by atoms with Crippen LogP contribution in [0.1, 0.15) is 0 Å². The Morgan fingerprint density at radius 3 is 2.76 bits per heavy atom. The highest BCUT2D eigenvalue weighted by molar-refractivity contribution is 9.10. The minimum absolute atomic E-state index is 0.273. The Labute approximate surface area is 134 Å². The van der Waals surface area contributed by atoms with E-state index in [4.69, 9.17) is 22.2 Å². The number of halogens is 2. The van der Waals surface area contributed by atoms with Crippen molar-refractivity contribution in [1.29, 1.82) is 0 Å². The van der Waals surface area contributed by atoms with Crippen molar-refractivity contribution >= 4 is 44.4 Å². The molecule has 0 atom stereocenters. The van der Waals surface area contributed by atoms with Crippen LogP contribution in [0.3, 0.4) is 0 Å². The van der Waals surface area contributed by atoms with Crippen LogP contribution in [0.2, 0.25) is 5.02 Å². The average Bonchev–Trinajstić information content (AvgIpc) is 2.50. The minimum atomic E-state index is 0.273. The van der Waals surface area contributed by atoms with Crippen LogP contribution in [0.25, 0.3) is 10.9 Å². The second-order valence-corrected chi connectivity index (χ2v) is 5.51. The fourth-order valence-electron chi connectivity index (χ4n) is 1.85. The van der Waals surface area contributed by atoms with Gasteiger partial charge in [-0.3, -0.25) is 5.43 Å². The molecule has 7 heteroatoms. The Hall–Kier alpha value is -1.89. The fourth-order valence-corrected chi connectivity index (χ4v) is 2.35. The van der Waals surface area contributed by atoms with Crippen molar-refractivity contribution in [3.05, 3.63) is 52.0 Å². The number of nitrogen functional groups attached to an aromatic ring is 1. The van der Waals surface area contributed by atoms with Gasteiger partial charge >= 0.3 is 0 Å². The highest BCUT2D eigenvalue weighted by atomic mass is 79.9. The molecule has 0 saturated carbocycles. The third-order valence-corrected chi connectivity index (χ3v) is 3.60. The Balaban J connectivity index is 2.13. The summed E-state index contributed by atoms with van der Waals surface area (Å²) in [6.45, 7) is 0. The number of anilines is 1. The molecule has 21 heavy (non-hydrogen) atoms. The molecule has 1 aromatic heterocycles. The van der Waals surface area contributed by atoms with Gasteiger partial charge in [0.15, 0.2) is 0 Å². The number of rotatable bonds is 3. The van der Waals surface area contributed by atoms with Crippen LogP contribution in [-0.4, -0.2) is 9.97 Å². The van der Waals surface area contributed by atoms with Gasteiger partial charge in [-0.25, -0.2) is 10.8 Å². The summed E-state index contributed by atoms with van der Waals surface area (Å²) in [7, 11) is 0. The van der Waals surface area contributed by atoms with Crippen molar-refractivity contribution < 1.29 is 4.74 Å². The van der Waals surface area contributed by atoms with E-state index in [2.05, 4.69) is 31.3 Å². The number of hydrazine groups is 1. The molecule has 0 radical (unpaired) electrons. The number of hydrogen-bond acceptors (Lipinski definition) is 5. The molecule has 3 N–H and O–H groups in total. The maximum atomic E-state index is 6.14. The summed E-state index contributed by atoms with van der Waals surface area (Å²) in [6.07, 6.45) is 0. The number of hydrogen-bond donors (Lipinski definition) is 2. The van der Waals surface area contributed by atoms with Gasteiger partial charge in [-0.1, -0.05) is 39.7 Å². The molecule has 0 bridgehead atoms. The number of para-hydroxylation sites is 1. The van der Waals surface area contributed by atoms with Crippen LogP contribution >= 0.6 is 27.5 Å². The van der Waals surface area contributed by atoms with E-state index in [-0.39, 0.29) is 5.95 Å². The van der Waals surface area contributed by atoms with E-state index >= 15 is 0 Å². The number of aromatic nitrogens is 2. The molecule has 2 aromatic carbocycles. The molecule has 106 valence electrons. The molecule has 3 rings (SSSR count). The van der Waals surface area contributed by atoms with Gasteiger partial charge < -0.3 is 4.74 Å². The van der Waals surface area contributed by atoms with E-state index in [9.17, 15) is 0 Å². The van der Waals surface area contributed by atoms with Crippen LogP contribution in [0.5, 0.6) is 11.6 Å². The number of ether oxygens (including phenoxy) is 1. The lowest BCUT2D eigenvalue weighted by Crippen LogP contribution is -2.11. The number of nitrogens with two attached hydrogens (primary N) is 1. The summed E-state index contributed by atoms with van der Waals surface area (Å²) < 4.78 is 6.70. The first-order valence-corrected chi connectivity index (χ1v) is 7.21. The maximum absolute atomic E-state index is 6.14. The summed E-state index contributed by atoms with van der Waals surface area (Å²) in [5.74, 6) is 6.55. The van der Waals surface area contributed by atoms with Gasteiger partial charge in [0.2, 0.25) is 11.8 Å². The van der Waals surface area contributed by atoms with Crippen molar-refractivity contribution in [2.24, 2.45) is 5.84 Å². The highest BCUT2D eigenvalue weighted by Gasteiger charge is 2.11. The maximum Gasteiger partial charge on any atom is 0.241 e. The van der Waals surface area contributed by atoms with Crippen molar-refractivity contribution in [1.82, 2.24) is 9.97 Å². The van der Waals surface area contributed by atoms with Gasteiger partial charge in [-0.05, 0) is 30.3 Å². The number of fused-ring (bicyclic) bond motifs is 1. The zero-order valence-corrected chi connectivity index (χ0v) is 13.0. The SMILES string of the molecule is NNc1nc(Oc2cc(Br)ccc2Cl)c2ccccc2n1. The third kappa shape index (κ3) is 2.92. The number of nitrogens with zero attached hydrogens (tertiary/aromatic N) is 2. The highest BCUT2D eigenvalue weighted by Crippen LogP contribution is 2.34. The number of benzene rings is 2. The summed E-state index contributed by atoms with van der Waals surface area (Å²) in [4.78, 5) is 8.51. The molecule has 1 heterocycles. The fraction of sp³-hybridized carbons (Fsp3) is 0. The molecule has 0 aliphatic heterocycles. The van der Waals surface area contributed by atoms with Gasteiger partial charge in [0.05, 0.1) is 15.9 Å². The summed E-state index contributed by atoms with van der Waals surface area (Å²) in [5, 5.41) is 1.26. The standard InChI is InChI=1S/C14H10BrClN4O/c15-8-5-6-10(16)12(7-8)21-13-9-3-1-2-4-11(9)18-14(19-13)20-17/h1-7H,17H2,(H,18,19,20). The lowest BCUT2D eigenvalue weighted by Gasteiger charge is -2.10. The van der Waals surface area contributed by atoms with E-state index in [0.29, 0.717) is 16.7 Å². The molecule has 0 saturated heterocycles.